The lowest BCUT2D eigenvalue weighted by Crippen LogP contribution is -2.50. The van der Waals surface area contributed by atoms with Gasteiger partial charge in [0.2, 0.25) is 0 Å². The number of furan rings is 1. The van der Waals surface area contributed by atoms with Gasteiger partial charge < -0.3 is 4.42 Å². The molecule has 0 radical (unpaired) electrons. The topological polar surface area (TPSA) is 76.2 Å². The Labute approximate surface area is 139 Å². The Morgan fingerprint density at radius 3 is 2.48 bits per heavy atom. The summed E-state index contributed by atoms with van der Waals surface area (Å²) in [5.41, 5.74) is 0.169. The van der Waals surface area contributed by atoms with E-state index in [0.29, 0.717) is 28.7 Å². The number of aliphatic imine (C=N–C) groups is 2. The van der Waals surface area contributed by atoms with E-state index in [1.54, 1.807) is 12.1 Å². The summed E-state index contributed by atoms with van der Waals surface area (Å²) in [6.45, 7) is 0. The standard InChI is InChI=1S/C16H11F3N5O/c17-16(18,19)11-5-3-10(4-6-11)12-9-24(20)14(8-21-12)22-15(23-24)13-2-1-7-25-13/h1-9H,20H2/q+1. The molecule has 0 bridgehead atoms. The molecule has 6 nitrogen and oxygen atoms in total. The van der Waals surface area contributed by atoms with Crippen LogP contribution in [-0.4, -0.2) is 22.6 Å². The summed E-state index contributed by atoms with van der Waals surface area (Å²) in [6, 6.07) is 8.08. The maximum atomic E-state index is 12.7. The predicted octanol–water partition coefficient (Wildman–Crippen LogP) is 3.15. The molecule has 2 aromatic rings. The van der Waals surface area contributed by atoms with Gasteiger partial charge in [-0.25, -0.2) is 4.99 Å². The maximum Gasteiger partial charge on any atom is 0.416 e. The van der Waals surface area contributed by atoms with Crippen molar-refractivity contribution < 1.29 is 22.3 Å². The lowest BCUT2D eigenvalue weighted by molar-refractivity contribution is -0.802. The SMILES string of the molecule is N[N+]12C=C(c3ccc(C(F)(F)F)cc3)N=CC1=NC(c1ccco1)=N2. The van der Waals surface area contributed by atoms with Crippen LogP contribution in [0, 0.1) is 0 Å². The Bertz CT molecular complexity index is 939. The molecule has 1 aromatic carbocycles. The van der Waals surface area contributed by atoms with Crippen molar-refractivity contribution in [2.45, 2.75) is 6.18 Å². The maximum absolute atomic E-state index is 12.7. The first-order chi connectivity index (χ1) is 11.9. The minimum absolute atomic E-state index is 0.318. The highest BCUT2D eigenvalue weighted by Crippen LogP contribution is 2.31. The number of rotatable bonds is 2. The third kappa shape index (κ3) is 2.69. The average molecular weight is 346 g/mol. The second-order valence-electron chi connectivity index (χ2n) is 5.46. The summed E-state index contributed by atoms with van der Waals surface area (Å²) >= 11 is 0. The van der Waals surface area contributed by atoms with Crippen LogP contribution in [0.1, 0.15) is 16.9 Å². The van der Waals surface area contributed by atoms with E-state index in [0.717, 1.165) is 12.1 Å². The number of fused-ring (bicyclic) bond motifs is 1. The lowest BCUT2D eigenvalue weighted by Gasteiger charge is -2.19. The first kappa shape index (κ1) is 15.5. The molecule has 0 saturated carbocycles. The fourth-order valence-electron chi connectivity index (χ4n) is 2.47. The third-order valence-electron chi connectivity index (χ3n) is 3.74. The van der Waals surface area contributed by atoms with Crippen LogP contribution in [0.3, 0.4) is 0 Å². The molecular formula is C16H11F3N5O+. The molecule has 0 spiro atoms. The zero-order chi connectivity index (χ0) is 17.7. The van der Waals surface area contributed by atoms with Crippen LogP contribution in [0.2, 0.25) is 0 Å². The zero-order valence-electron chi connectivity index (χ0n) is 12.6. The second-order valence-corrected chi connectivity index (χ2v) is 5.46. The van der Waals surface area contributed by atoms with Crippen molar-refractivity contribution >= 4 is 23.6 Å². The highest BCUT2D eigenvalue weighted by molar-refractivity contribution is 6.32. The van der Waals surface area contributed by atoms with Gasteiger partial charge in [-0.3, -0.25) is 0 Å². The zero-order valence-corrected chi connectivity index (χ0v) is 12.6. The van der Waals surface area contributed by atoms with Gasteiger partial charge in [0.1, 0.15) is 11.9 Å². The van der Waals surface area contributed by atoms with E-state index in [4.69, 9.17) is 10.3 Å². The van der Waals surface area contributed by atoms with Crippen LogP contribution in [0.25, 0.3) is 5.70 Å². The van der Waals surface area contributed by atoms with Gasteiger partial charge >= 0.3 is 6.18 Å². The Morgan fingerprint density at radius 1 is 1.08 bits per heavy atom. The molecule has 3 heterocycles. The lowest BCUT2D eigenvalue weighted by atomic mass is 10.1. The van der Waals surface area contributed by atoms with Crippen molar-refractivity contribution in [3.8, 4) is 0 Å². The minimum atomic E-state index is -4.39. The normalized spacial score (nSPS) is 22.3. The summed E-state index contributed by atoms with van der Waals surface area (Å²) in [4.78, 5) is 8.50. The highest BCUT2D eigenvalue weighted by Gasteiger charge is 2.40. The van der Waals surface area contributed by atoms with Crippen molar-refractivity contribution in [1.29, 1.82) is 0 Å². The van der Waals surface area contributed by atoms with Crippen LogP contribution in [0.5, 0.6) is 0 Å². The summed E-state index contributed by atoms with van der Waals surface area (Å²) in [6.07, 6.45) is 0.0546. The number of amidine groups is 2. The van der Waals surface area contributed by atoms with E-state index in [9.17, 15) is 13.2 Å². The minimum Gasteiger partial charge on any atom is -0.461 e. The van der Waals surface area contributed by atoms with E-state index in [1.165, 1.54) is 30.8 Å². The molecule has 4 rings (SSSR count). The van der Waals surface area contributed by atoms with E-state index in [2.05, 4.69) is 15.1 Å². The number of halogens is 3. The summed E-state index contributed by atoms with van der Waals surface area (Å²) in [5, 5.41) is 4.30. The Balaban J connectivity index is 1.68. The first-order valence-electron chi connectivity index (χ1n) is 7.20. The summed E-state index contributed by atoms with van der Waals surface area (Å²) in [7, 11) is 0. The molecule has 1 atom stereocenters. The van der Waals surface area contributed by atoms with E-state index in [1.807, 2.05) is 0 Å². The fraction of sp³-hybridized carbons (Fsp3) is 0.0625. The molecule has 0 fully saturated rings. The number of hydrogen-bond acceptors (Lipinski definition) is 5. The molecule has 0 amide bonds. The van der Waals surface area contributed by atoms with E-state index >= 15 is 0 Å². The number of nitrogens with zero attached hydrogens (tertiary/aromatic N) is 4. The van der Waals surface area contributed by atoms with Crippen LogP contribution < -0.4 is 5.84 Å². The largest absolute Gasteiger partial charge is 0.461 e. The molecule has 2 aliphatic rings. The summed E-state index contributed by atoms with van der Waals surface area (Å²) < 4.78 is 42.8. The molecule has 2 N–H and O–H groups in total. The first-order valence-corrected chi connectivity index (χ1v) is 7.20. The van der Waals surface area contributed by atoms with Gasteiger partial charge in [0.05, 0.1) is 11.8 Å². The van der Waals surface area contributed by atoms with Gasteiger partial charge in [0.15, 0.2) is 12.0 Å². The van der Waals surface area contributed by atoms with Crippen LogP contribution in [0.4, 0.5) is 13.2 Å². The van der Waals surface area contributed by atoms with Gasteiger partial charge in [0, 0.05) is 5.56 Å². The van der Waals surface area contributed by atoms with Crippen LogP contribution in [0.15, 0.2) is 68.4 Å². The smallest absolute Gasteiger partial charge is 0.416 e. The third-order valence-corrected chi connectivity index (χ3v) is 3.74. The molecule has 0 aliphatic carbocycles. The Kier molecular flexibility index (Phi) is 3.24. The highest BCUT2D eigenvalue weighted by atomic mass is 19.4. The molecular weight excluding hydrogens is 335 g/mol. The van der Waals surface area contributed by atoms with Gasteiger partial charge in [-0.05, 0) is 34.1 Å². The average Bonchev–Trinajstić information content (AvgIpc) is 3.20. The molecule has 1 unspecified atom stereocenters. The number of hydrogen-bond donors (Lipinski definition) is 1. The molecule has 1 aromatic heterocycles. The molecule has 126 valence electrons. The van der Waals surface area contributed by atoms with Crippen molar-refractivity contribution in [1.82, 2.24) is 0 Å². The molecule has 0 saturated heterocycles. The van der Waals surface area contributed by atoms with Gasteiger partial charge in [-0.1, -0.05) is 12.1 Å². The quantitative estimate of drug-likeness (QED) is 0.670. The Hall–Kier alpha value is -3.04. The van der Waals surface area contributed by atoms with Crippen molar-refractivity contribution in [2.75, 3.05) is 0 Å². The molecule has 25 heavy (non-hydrogen) atoms. The number of quaternary nitrogens is 1. The van der Waals surface area contributed by atoms with Gasteiger partial charge in [-0.15, -0.1) is 5.84 Å². The van der Waals surface area contributed by atoms with Gasteiger partial charge in [-0.2, -0.15) is 18.2 Å². The second kappa shape index (κ2) is 5.23. The van der Waals surface area contributed by atoms with Crippen molar-refractivity contribution in [3.63, 3.8) is 0 Å². The monoisotopic (exact) mass is 346 g/mol. The van der Waals surface area contributed by atoms with Crippen LogP contribution in [-0.2, 0) is 6.18 Å². The Morgan fingerprint density at radius 2 is 1.84 bits per heavy atom. The van der Waals surface area contributed by atoms with Crippen molar-refractivity contribution in [2.24, 2.45) is 20.9 Å². The predicted molar refractivity (Wildman–Crippen MR) is 85.0 cm³/mol. The van der Waals surface area contributed by atoms with Gasteiger partial charge in [0.25, 0.3) is 11.7 Å². The van der Waals surface area contributed by atoms with Crippen molar-refractivity contribution in [3.05, 3.63) is 65.7 Å². The molecule has 2 aliphatic heterocycles. The van der Waals surface area contributed by atoms with E-state index < -0.39 is 16.4 Å². The summed E-state index contributed by atoms with van der Waals surface area (Å²) in [5.74, 6) is 7.37. The number of nitrogens with two attached hydrogens (primary N) is 1. The number of benzene rings is 1. The fourth-order valence-corrected chi connectivity index (χ4v) is 2.47. The number of alkyl halides is 3. The van der Waals surface area contributed by atoms with E-state index in [-0.39, 0.29) is 0 Å². The molecule has 9 heteroatoms. The van der Waals surface area contributed by atoms with Crippen LogP contribution >= 0.6 is 0 Å².